The Morgan fingerprint density at radius 2 is 1.81 bits per heavy atom. The summed E-state index contributed by atoms with van der Waals surface area (Å²) in [5, 5.41) is 3.75. The summed E-state index contributed by atoms with van der Waals surface area (Å²) in [4.78, 5) is 24.9. The van der Waals surface area contributed by atoms with Crippen molar-refractivity contribution in [2.24, 2.45) is 0 Å². The second-order valence-electron chi connectivity index (χ2n) is 8.16. The number of halogens is 3. The first-order valence-corrected chi connectivity index (χ1v) is 12.6. The molecule has 0 saturated carbocycles. The molecule has 0 fully saturated rings. The van der Waals surface area contributed by atoms with Crippen LogP contribution in [0.1, 0.15) is 40.7 Å². The van der Waals surface area contributed by atoms with Crippen LogP contribution in [-0.2, 0) is 16.0 Å². The zero-order chi connectivity index (χ0) is 25.7. The third-order valence-electron chi connectivity index (χ3n) is 5.64. The molecule has 2 atom stereocenters. The zero-order valence-corrected chi connectivity index (χ0v) is 21.7. The van der Waals surface area contributed by atoms with Crippen LogP contribution in [0.2, 0.25) is 10.0 Å². The van der Waals surface area contributed by atoms with Gasteiger partial charge in [0.25, 0.3) is 5.91 Å². The van der Waals surface area contributed by atoms with Crippen molar-refractivity contribution < 1.29 is 23.8 Å². The van der Waals surface area contributed by atoms with Gasteiger partial charge < -0.3 is 19.5 Å². The van der Waals surface area contributed by atoms with Gasteiger partial charge in [-0.2, -0.15) is 0 Å². The third-order valence-corrected chi connectivity index (χ3v) is 6.45. The number of nitrogens with one attached hydrogen (secondary N) is 1. The summed E-state index contributed by atoms with van der Waals surface area (Å²) in [7, 11) is 0. The molecule has 0 saturated heterocycles. The minimum absolute atomic E-state index is 0.298. The average molecular weight is 549 g/mol. The lowest BCUT2D eigenvalue weighted by molar-refractivity contribution is -0.145. The van der Waals surface area contributed by atoms with Gasteiger partial charge in [0.15, 0.2) is 0 Å². The van der Waals surface area contributed by atoms with Crippen molar-refractivity contribution in [1.82, 2.24) is 5.32 Å². The van der Waals surface area contributed by atoms with Gasteiger partial charge in [-0.25, -0.2) is 0 Å². The van der Waals surface area contributed by atoms with E-state index in [2.05, 4.69) is 5.32 Å². The molecule has 4 rings (SSSR count). The molecule has 0 aliphatic carbocycles. The third kappa shape index (κ3) is 6.44. The van der Waals surface area contributed by atoms with E-state index in [1.54, 1.807) is 55.5 Å². The van der Waals surface area contributed by atoms with Crippen LogP contribution in [0.25, 0.3) is 0 Å². The second kappa shape index (κ2) is 11.9. The van der Waals surface area contributed by atoms with Crippen molar-refractivity contribution in [2.75, 3.05) is 13.2 Å². The maximum absolute atomic E-state index is 12.6. The Bertz CT molecular complexity index is 1230. The van der Waals surface area contributed by atoms with Crippen LogP contribution in [0.4, 0.5) is 0 Å². The minimum Gasteiger partial charge on any atom is -0.493 e. The molecule has 1 heterocycles. The highest BCUT2D eigenvalue weighted by atomic mass is 35.5. The van der Waals surface area contributed by atoms with E-state index >= 15 is 0 Å². The van der Waals surface area contributed by atoms with E-state index in [0.717, 1.165) is 5.56 Å². The fourth-order valence-electron chi connectivity index (χ4n) is 3.86. The normalized spacial score (nSPS) is 15.3. The number of rotatable bonds is 8. The van der Waals surface area contributed by atoms with Crippen molar-refractivity contribution >= 4 is 46.7 Å². The Labute approximate surface area is 224 Å². The maximum Gasteiger partial charge on any atom is 0.313 e. The number of benzene rings is 3. The average Bonchev–Trinajstić information content (AvgIpc) is 2.86. The van der Waals surface area contributed by atoms with Crippen LogP contribution in [-0.4, -0.2) is 30.6 Å². The smallest absolute Gasteiger partial charge is 0.313 e. The molecule has 1 amide bonds. The number of amides is 1. The lowest BCUT2D eigenvalue weighted by Crippen LogP contribution is -2.32. The summed E-state index contributed by atoms with van der Waals surface area (Å²) in [6.07, 6.45) is 0.982. The summed E-state index contributed by atoms with van der Waals surface area (Å²) >= 11 is 18.7. The largest absolute Gasteiger partial charge is 0.493 e. The van der Waals surface area contributed by atoms with E-state index in [1.165, 1.54) is 0 Å². The van der Waals surface area contributed by atoms with Gasteiger partial charge in [-0.3, -0.25) is 9.59 Å². The van der Waals surface area contributed by atoms with Gasteiger partial charge in [-0.05, 0) is 61.4 Å². The molecule has 36 heavy (non-hydrogen) atoms. The molecule has 9 heteroatoms. The van der Waals surface area contributed by atoms with Crippen LogP contribution in [0.5, 0.6) is 17.2 Å². The Balaban J connectivity index is 1.40. The molecule has 1 N–H and O–H groups in total. The number of carbonyl (C=O) groups is 2. The molecule has 3 aromatic carbocycles. The first-order valence-electron chi connectivity index (χ1n) is 11.4. The van der Waals surface area contributed by atoms with Crippen molar-refractivity contribution in [2.45, 2.75) is 31.2 Å². The van der Waals surface area contributed by atoms with E-state index < -0.39 is 11.4 Å². The van der Waals surface area contributed by atoms with Crippen LogP contribution in [0.15, 0.2) is 60.7 Å². The van der Waals surface area contributed by atoms with Gasteiger partial charge in [0.2, 0.25) is 0 Å². The Hall–Kier alpha value is -2.93. The van der Waals surface area contributed by atoms with Crippen molar-refractivity contribution in [1.29, 1.82) is 0 Å². The van der Waals surface area contributed by atoms with Gasteiger partial charge in [-0.1, -0.05) is 46.9 Å². The molecular formula is C27H24Cl3NO5. The fraction of sp³-hybridized carbons (Fsp3) is 0.259. The monoisotopic (exact) mass is 547 g/mol. The Morgan fingerprint density at radius 1 is 1.08 bits per heavy atom. The molecule has 0 radical (unpaired) electrons. The van der Waals surface area contributed by atoms with Crippen LogP contribution in [0.3, 0.4) is 0 Å². The van der Waals surface area contributed by atoms with Crippen LogP contribution in [0, 0.1) is 0 Å². The van der Waals surface area contributed by atoms with Gasteiger partial charge in [0, 0.05) is 28.6 Å². The molecule has 1 aliphatic rings. The predicted molar refractivity (Wildman–Crippen MR) is 140 cm³/mol. The lowest BCUT2D eigenvalue weighted by atomic mass is 9.93. The first kappa shape index (κ1) is 26.1. The number of hydrogen-bond donors (Lipinski definition) is 1. The molecule has 3 aromatic rings. The zero-order valence-electron chi connectivity index (χ0n) is 19.4. The minimum atomic E-state index is -0.581. The summed E-state index contributed by atoms with van der Waals surface area (Å²) < 4.78 is 16.8. The van der Waals surface area contributed by atoms with E-state index in [9.17, 15) is 9.59 Å². The van der Waals surface area contributed by atoms with Crippen molar-refractivity contribution in [3.8, 4) is 17.2 Å². The molecule has 0 spiro atoms. The fourth-order valence-corrected chi connectivity index (χ4v) is 4.47. The second-order valence-corrected chi connectivity index (χ2v) is 9.53. The van der Waals surface area contributed by atoms with Crippen molar-refractivity contribution in [3.05, 3.63) is 87.4 Å². The van der Waals surface area contributed by atoms with Gasteiger partial charge in [0.05, 0.1) is 24.2 Å². The molecule has 1 aliphatic heterocycles. The van der Waals surface area contributed by atoms with Crippen LogP contribution < -0.4 is 14.8 Å². The van der Waals surface area contributed by atoms with Crippen LogP contribution >= 0.6 is 34.8 Å². The Kier molecular flexibility index (Phi) is 8.62. The molecule has 0 bridgehead atoms. The molecule has 2 unspecified atom stereocenters. The molecule has 0 aromatic heterocycles. The van der Waals surface area contributed by atoms with E-state index in [1.807, 2.05) is 12.1 Å². The number of fused-ring (bicyclic) bond motifs is 1. The number of alkyl halides is 1. The highest BCUT2D eigenvalue weighted by molar-refractivity contribution is 6.32. The highest BCUT2D eigenvalue weighted by Gasteiger charge is 2.30. The molecular weight excluding hydrogens is 525 g/mol. The summed E-state index contributed by atoms with van der Waals surface area (Å²) in [5.74, 6) is 0.358. The SMILES string of the molecule is CCOC(=O)C1CCOc2cc(Oc3ccc(C(=O)NC(Cl)Cc4ccc(Cl)cc4)cc3)c(Cl)cc21. The standard InChI is InChI=1S/C27H24Cl3NO5/c1-2-34-27(33)20-11-12-35-23-15-24(22(29)14-21(20)23)36-19-9-5-17(6-10-19)26(32)31-25(30)13-16-3-7-18(28)8-4-16/h3-10,14-15,20,25H,2,11-13H2,1H3,(H,31,32). The van der Waals surface area contributed by atoms with Gasteiger partial charge >= 0.3 is 5.97 Å². The Morgan fingerprint density at radius 3 is 2.50 bits per heavy atom. The molecule has 6 nitrogen and oxygen atoms in total. The van der Waals surface area contributed by atoms with E-state index in [0.29, 0.717) is 64.5 Å². The number of esters is 1. The number of ether oxygens (including phenoxy) is 3. The summed E-state index contributed by atoms with van der Waals surface area (Å²) in [6.45, 7) is 2.47. The topological polar surface area (TPSA) is 73.9 Å². The molecule has 188 valence electrons. The predicted octanol–water partition coefficient (Wildman–Crippen LogP) is 6.75. The first-order chi connectivity index (χ1) is 17.3. The number of carbonyl (C=O) groups excluding carboxylic acids is 2. The summed E-state index contributed by atoms with van der Waals surface area (Å²) in [5.41, 5.74) is 1.49. The van der Waals surface area contributed by atoms with E-state index in [4.69, 9.17) is 49.0 Å². The quantitative estimate of drug-likeness (QED) is 0.191. The highest BCUT2D eigenvalue weighted by Crippen LogP contribution is 2.42. The van der Waals surface area contributed by atoms with Crippen molar-refractivity contribution in [3.63, 3.8) is 0 Å². The van der Waals surface area contributed by atoms with Gasteiger partial charge in [-0.15, -0.1) is 0 Å². The summed E-state index contributed by atoms with van der Waals surface area (Å²) in [6, 6.07) is 17.2. The van der Waals surface area contributed by atoms with E-state index in [-0.39, 0.29) is 11.9 Å². The maximum atomic E-state index is 12.6. The lowest BCUT2D eigenvalue weighted by Gasteiger charge is -2.25. The van der Waals surface area contributed by atoms with Gasteiger partial charge in [0.1, 0.15) is 22.7 Å². The number of hydrogen-bond acceptors (Lipinski definition) is 5.